The van der Waals surface area contributed by atoms with Gasteiger partial charge in [-0.3, -0.25) is 0 Å². The zero-order chi connectivity index (χ0) is 32.3. The molecule has 0 atom stereocenters. The van der Waals surface area contributed by atoms with E-state index in [1.807, 2.05) is 24.3 Å². The summed E-state index contributed by atoms with van der Waals surface area (Å²) in [6.07, 6.45) is 0. The summed E-state index contributed by atoms with van der Waals surface area (Å²) in [5.74, 6) is 0. The van der Waals surface area contributed by atoms with Gasteiger partial charge in [-0.15, -0.1) is 0 Å². The van der Waals surface area contributed by atoms with Gasteiger partial charge in [-0.25, -0.2) is 0 Å². The Labute approximate surface area is 282 Å². The Morgan fingerprint density at radius 1 is 0.306 bits per heavy atom. The quantitative estimate of drug-likeness (QED) is 0.190. The number of rotatable bonds is 5. The van der Waals surface area contributed by atoms with Crippen molar-refractivity contribution in [1.82, 2.24) is 0 Å². The van der Waals surface area contributed by atoms with Crippen LogP contribution in [0.25, 0.3) is 76.9 Å². The molecule has 0 aliphatic rings. The minimum atomic E-state index is 0.863. The molecule has 0 radical (unpaired) electrons. The SMILES string of the molecule is c1ccc(-c2ccccc2-c2ccc(N(c3ccc4cc5c(cc4c3)oc3ccccc35)c3ccc4c(c3)oc3ccccc34)cc2)cc1. The van der Waals surface area contributed by atoms with E-state index >= 15 is 0 Å². The smallest absolute Gasteiger partial charge is 0.137 e. The molecule has 0 spiro atoms. The molecule has 0 unspecified atom stereocenters. The van der Waals surface area contributed by atoms with Crippen LogP contribution in [0, 0.1) is 0 Å². The molecule has 49 heavy (non-hydrogen) atoms. The molecule has 10 rings (SSSR count). The van der Waals surface area contributed by atoms with Crippen LogP contribution in [0.15, 0.2) is 185 Å². The molecule has 0 aliphatic heterocycles. The standard InChI is InChI=1S/C46H29NO2/c1-2-10-30(11-3-1)37-12-4-5-13-38(37)31-18-21-34(22-19-31)47(36-24-25-41-39-14-6-8-16-43(39)49-46(41)29-36)35-23-20-32-27-42-40-15-7-9-17-44(40)48-45(42)28-33(32)26-35/h1-29H. The summed E-state index contributed by atoms with van der Waals surface area (Å²) in [7, 11) is 0. The number of fused-ring (bicyclic) bond motifs is 7. The molecule has 8 aromatic carbocycles. The molecule has 2 aromatic heterocycles. The molecule has 0 N–H and O–H groups in total. The van der Waals surface area contributed by atoms with Crippen LogP contribution in [0.2, 0.25) is 0 Å². The molecule has 3 heteroatoms. The number of hydrogen-bond donors (Lipinski definition) is 0. The first-order valence-corrected chi connectivity index (χ1v) is 16.6. The fourth-order valence-electron chi connectivity index (χ4n) is 7.29. The van der Waals surface area contributed by atoms with Gasteiger partial charge in [0.25, 0.3) is 0 Å². The Balaban J connectivity index is 1.13. The third-order valence-electron chi connectivity index (χ3n) is 9.65. The van der Waals surface area contributed by atoms with Crippen LogP contribution in [-0.2, 0) is 0 Å². The highest BCUT2D eigenvalue weighted by Gasteiger charge is 2.18. The van der Waals surface area contributed by atoms with Crippen molar-refractivity contribution >= 4 is 71.7 Å². The Morgan fingerprint density at radius 3 is 1.57 bits per heavy atom. The molecule has 230 valence electrons. The Hall–Kier alpha value is -6.58. The second-order valence-electron chi connectivity index (χ2n) is 12.6. The molecule has 0 amide bonds. The predicted octanol–water partition coefficient (Wildman–Crippen LogP) is 13.4. The molecule has 0 bridgehead atoms. The van der Waals surface area contributed by atoms with Crippen LogP contribution in [0.3, 0.4) is 0 Å². The third-order valence-corrected chi connectivity index (χ3v) is 9.65. The minimum absolute atomic E-state index is 0.863. The van der Waals surface area contributed by atoms with Crippen molar-refractivity contribution in [2.75, 3.05) is 4.90 Å². The number of hydrogen-bond acceptors (Lipinski definition) is 3. The maximum atomic E-state index is 6.36. The monoisotopic (exact) mass is 627 g/mol. The largest absolute Gasteiger partial charge is 0.456 e. The number of para-hydroxylation sites is 2. The summed E-state index contributed by atoms with van der Waals surface area (Å²) >= 11 is 0. The number of furan rings is 2. The van der Waals surface area contributed by atoms with E-state index in [1.54, 1.807) is 0 Å². The first-order chi connectivity index (χ1) is 24.3. The highest BCUT2D eigenvalue weighted by atomic mass is 16.3. The Morgan fingerprint density at radius 2 is 0.837 bits per heavy atom. The summed E-state index contributed by atoms with van der Waals surface area (Å²) in [5, 5.41) is 6.79. The normalized spacial score (nSPS) is 11.7. The van der Waals surface area contributed by atoms with Crippen LogP contribution in [0.1, 0.15) is 0 Å². The Kier molecular flexibility index (Phi) is 6.18. The van der Waals surface area contributed by atoms with Crippen molar-refractivity contribution in [1.29, 1.82) is 0 Å². The van der Waals surface area contributed by atoms with E-state index in [9.17, 15) is 0 Å². The first kappa shape index (κ1) is 27.5. The van der Waals surface area contributed by atoms with Crippen molar-refractivity contribution in [2.45, 2.75) is 0 Å². The number of nitrogens with zero attached hydrogens (tertiary/aromatic N) is 1. The molecular formula is C46H29NO2. The molecule has 0 fully saturated rings. The topological polar surface area (TPSA) is 29.5 Å². The van der Waals surface area contributed by atoms with Gasteiger partial charge >= 0.3 is 0 Å². The van der Waals surface area contributed by atoms with Crippen molar-refractivity contribution in [3.05, 3.63) is 176 Å². The number of benzene rings is 8. The summed E-state index contributed by atoms with van der Waals surface area (Å²) in [6, 6.07) is 62.1. The summed E-state index contributed by atoms with van der Waals surface area (Å²) in [4.78, 5) is 2.31. The summed E-state index contributed by atoms with van der Waals surface area (Å²) in [6.45, 7) is 0. The lowest BCUT2D eigenvalue weighted by molar-refractivity contribution is 0.669. The molecule has 0 saturated heterocycles. The zero-order valence-corrected chi connectivity index (χ0v) is 26.5. The molecule has 0 aliphatic carbocycles. The summed E-state index contributed by atoms with van der Waals surface area (Å²) < 4.78 is 12.6. The molecule has 2 heterocycles. The minimum Gasteiger partial charge on any atom is -0.456 e. The lowest BCUT2D eigenvalue weighted by Gasteiger charge is -2.26. The zero-order valence-electron chi connectivity index (χ0n) is 26.5. The van der Waals surface area contributed by atoms with E-state index < -0.39 is 0 Å². The molecule has 10 aromatic rings. The van der Waals surface area contributed by atoms with Gasteiger partial charge < -0.3 is 13.7 Å². The molecule has 0 saturated carbocycles. The van der Waals surface area contributed by atoms with Gasteiger partial charge in [0.05, 0.1) is 0 Å². The average Bonchev–Trinajstić information content (AvgIpc) is 3.72. The van der Waals surface area contributed by atoms with Crippen molar-refractivity contribution in [3.63, 3.8) is 0 Å². The van der Waals surface area contributed by atoms with E-state index in [4.69, 9.17) is 8.83 Å². The first-order valence-electron chi connectivity index (χ1n) is 16.6. The lowest BCUT2D eigenvalue weighted by atomic mass is 9.94. The second kappa shape index (κ2) is 11.0. The molecular weight excluding hydrogens is 599 g/mol. The van der Waals surface area contributed by atoms with Gasteiger partial charge in [-0.1, -0.05) is 109 Å². The van der Waals surface area contributed by atoms with Gasteiger partial charge in [0.15, 0.2) is 0 Å². The van der Waals surface area contributed by atoms with Crippen molar-refractivity contribution in [2.24, 2.45) is 0 Å². The predicted molar refractivity (Wildman–Crippen MR) is 204 cm³/mol. The summed E-state index contributed by atoms with van der Waals surface area (Å²) in [5.41, 5.74) is 11.5. The van der Waals surface area contributed by atoms with Crippen molar-refractivity contribution in [3.8, 4) is 22.3 Å². The van der Waals surface area contributed by atoms with Gasteiger partial charge in [0.1, 0.15) is 22.3 Å². The highest BCUT2D eigenvalue weighted by molar-refractivity contribution is 6.11. The maximum absolute atomic E-state index is 6.36. The highest BCUT2D eigenvalue weighted by Crippen LogP contribution is 2.42. The van der Waals surface area contributed by atoms with E-state index in [2.05, 4.69) is 157 Å². The number of anilines is 3. The van der Waals surface area contributed by atoms with E-state index in [0.717, 1.165) is 66.3 Å². The van der Waals surface area contributed by atoms with Crippen LogP contribution >= 0.6 is 0 Å². The van der Waals surface area contributed by atoms with Crippen LogP contribution < -0.4 is 4.90 Å². The van der Waals surface area contributed by atoms with Gasteiger partial charge in [-0.2, -0.15) is 0 Å². The van der Waals surface area contributed by atoms with E-state index in [0.29, 0.717) is 0 Å². The van der Waals surface area contributed by atoms with Crippen LogP contribution in [0.5, 0.6) is 0 Å². The van der Waals surface area contributed by atoms with Gasteiger partial charge in [0.2, 0.25) is 0 Å². The van der Waals surface area contributed by atoms with Crippen LogP contribution in [0.4, 0.5) is 17.1 Å². The van der Waals surface area contributed by atoms with E-state index in [1.165, 1.54) is 27.6 Å². The Bertz CT molecular complexity index is 2830. The van der Waals surface area contributed by atoms with Crippen LogP contribution in [-0.4, -0.2) is 0 Å². The van der Waals surface area contributed by atoms with E-state index in [-0.39, 0.29) is 0 Å². The van der Waals surface area contributed by atoms with Gasteiger partial charge in [-0.05, 0) is 93.7 Å². The molecule has 3 nitrogen and oxygen atoms in total. The average molecular weight is 628 g/mol. The maximum Gasteiger partial charge on any atom is 0.137 e. The lowest BCUT2D eigenvalue weighted by Crippen LogP contribution is -2.09. The van der Waals surface area contributed by atoms with Crippen molar-refractivity contribution < 1.29 is 8.83 Å². The fraction of sp³-hybridized carbons (Fsp3) is 0. The third kappa shape index (κ3) is 4.59. The second-order valence-corrected chi connectivity index (χ2v) is 12.6. The fourth-order valence-corrected chi connectivity index (χ4v) is 7.29. The van der Waals surface area contributed by atoms with Gasteiger partial charge in [0, 0.05) is 44.7 Å².